The number of aromatic nitrogens is 5. The van der Waals surface area contributed by atoms with Crippen LogP contribution in [0.4, 0.5) is 11.6 Å². The van der Waals surface area contributed by atoms with E-state index in [-0.39, 0.29) is 5.91 Å². The van der Waals surface area contributed by atoms with E-state index in [0.717, 1.165) is 67.1 Å². The minimum Gasteiger partial charge on any atom is -0.339 e. The summed E-state index contributed by atoms with van der Waals surface area (Å²) in [6.07, 6.45) is 11.7. The van der Waals surface area contributed by atoms with Gasteiger partial charge < -0.3 is 10.2 Å². The highest BCUT2D eigenvalue weighted by Gasteiger charge is 2.18. The lowest BCUT2D eigenvalue weighted by Crippen LogP contribution is -2.35. The van der Waals surface area contributed by atoms with Gasteiger partial charge in [-0.1, -0.05) is 6.92 Å². The summed E-state index contributed by atoms with van der Waals surface area (Å²) < 4.78 is 1.95. The molecule has 0 saturated carbocycles. The maximum Gasteiger partial charge on any atom is 0.253 e. The van der Waals surface area contributed by atoms with Gasteiger partial charge in [-0.2, -0.15) is 5.10 Å². The molecule has 1 aliphatic heterocycles. The van der Waals surface area contributed by atoms with Crippen molar-refractivity contribution in [3.05, 3.63) is 72.8 Å². The lowest BCUT2D eigenvalue weighted by Gasteiger charge is -2.26. The Kier molecular flexibility index (Phi) is 6.79. The normalized spacial score (nSPS) is 13.6. The first kappa shape index (κ1) is 22.7. The zero-order valence-electron chi connectivity index (χ0n) is 19.9. The van der Waals surface area contributed by atoms with Gasteiger partial charge in [0.15, 0.2) is 0 Å². The molecule has 0 aliphatic carbocycles. The molecule has 0 spiro atoms. The van der Waals surface area contributed by atoms with E-state index in [4.69, 9.17) is 10.1 Å². The number of nitrogens with zero attached hydrogens (tertiary/aromatic N) is 6. The number of hydrogen-bond acceptors (Lipinski definition) is 6. The molecule has 4 heterocycles. The summed E-state index contributed by atoms with van der Waals surface area (Å²) in [6, 6.07) is 13.3. The molecule has 1 aromatic carbocycles. The molecular weight excluding hydrogens is 438 g/mol. The smallest absolute Gasteiger partial charge is 0.253 e. The average molecular weight is 468 g/mol. The summed E-state index contributed by atoms with van der Waals surface area (Å²) >= 11 is 0. The van der Waals surface area contributed by atoms with Crippen LogP contribution in [0, 0.1) is 0 Å². The fourth-order valence-corrected chi connectivity index (χ4v) is 4.34. The number of hydrogen-bond donors (Lipinski definition) is 1. The van der Waals surface area contributed by atoms with E-state index >= 15 is 0 Å². The van der Waals surface area contributed by atoms with Gasteiger partial charge in [0, 0.05) is 66.8 Å². The third-order valence-electron chi connectivity index (χ3n) is 6.11. The number of pyridine rings is 1. The van der Waals surface area contributed by atoms with Crippen molar-refractivity contribution in [2.75, 3.05) is 18.4 Å². The SMILES string of the molecule is CCCn1cc(-c2ccnc(Nc3ccc(C(=O)N4CCCCC4)cc3)n2)c(-c2cccnc2)n1. The second-order valence-corrected chi connectivity index (χ2v) is 8.72. The largest absolute Gasteiger partial charge is 0.339 e. The van der Waals surface area contributed by atoms with E-state index in [1.165, 1.54) is 6.42 Å². The Labute approximate surface area is 205 Å². The molecule has 0 unspecified atom stereocenters. The number of likely N-dealkylation sites (tertiary alicyclic amines) is 1. The van der Waals surface area contributed by atoms with E-state index in [9.17, 15) is 4.79 Å². The molecule has 0 atom stereocenters. The van der Waals surface area contributed by atoms with E-state index in [1.54, 1.807) is 12.4 Å². The molecule has 4 aromatic rings. The van der Waals surface area contributed by atoms with Crippen LogP contribution in [0.15, 0.2) is 67.3 Å². The van der Waals surface area contributed by atoms with E-state index < -0.39 is 0 Å². The number of amides is 1. The Morgan fingerprint density at radius 1 is 1.03 bits per heavy atom. The maximum absolute atomic E-state index is 12.7. The average Bonchev–Trinajstić information content (AvgIpc) is 3.34. The van der Waals surface area contributed by atoms with Crippen molar-refractivity contribution in [3.63, 3.8) is 0 Å². The zero-order chi connectivity index (χ0) is 24.0. The molecule has 0 radical (unpaired) electrons. The summed E-state index contributed by atoms with van der Waals surface area (Å²) in [6.45, 7) is 4.64. The lowest BCUT2D eigenvalue weighted by molar-refractivity contribution is 0.0724. The van der Waals surface area contributed by atoms with Gasteiger partial charge in [0.2, 0.25) is 5.95 Å². The number of carbonyl (C=O) groups is 1. The van der Waals surface area contributed by atoms with Crippen LogP contribution in [-0.2, 0) is 6.54 Å². The van der Waals surface area contributed by atoms with Gasteiger partial charge in [-0.3, -0.25) is 14.5 Å². The van der Waals surface area contributed by atoms with Crippen LogP contribution in [0.2, 0.25) is 0 Å². The number of anilines is 2. The van der Waals surface area contributed by atoms with Gasteiger partial charge >= 0.3 is 0 Å². The van der Waals surface area contributed by atoms with Crippen molar-refractivity contribution in [1.82, 2.24) is 29.6 Å². The number of benzene rings is 1. The van der Waals surface area contributed by atoms with Crippen LogP contribution in [0.25, 0.3) is 22.5 Å². The number of nitrogens with one attached hydrogen (secondary N) is 1. The summed E-state index contributed by atoms with van der Waals surface area (Å²) in [7, 11) is 0. The van der Waals surface area contributed by atoms with Crippen LogP contribution in [0.3, 0.4) is 0 Å². The van der Waals surface area contributed by atoms with Gasteiger partial charge in [-0.25, -0.2) is 9.97 Å². The van der Waals surface area contributed by atoms with Crippen LogP contribution < -0.4 is 5.32 Å². The first-order valence-electron chi connectivity index (χ1n) is 12.2. The summed E-state index contributed by atoms with van der Waals surface area (Å²) in [5, 5.41) is 8.05. The van der Waals surface area contributed by atoms with Gasteiger partial charge in [0.25, 0.3) is 5.91 Å². The molecule has 5 rings (SSSR count). The quantitative estimate of drug-likeness (QED) is 0.403. The summed E-state index contributed by atoms with van der Waals surface area (Å²) in [5.74, 6) is 0.583. The van der Waals surface area contributed by atoms with Crippen molar-refractivity contribution < 1.29 is 4.79 Å². The minimum absolute atomic E-state index is 0.0986. The Morgan fingerprint density at radius 3 is 2.60 bits per heavy atom. The van der Waals surface area contributed by atoms with Crippen LogP contribution >= 0.6 is 0 Å². The Bertz CT molecular complexity index is 1280. The van der Waals surface area contributed by atoms with Crippen molar-refractivity contribution in [2.24, 2.45) is 0 Å². The third-order valence-corrected chi connectivity index (χ3v) is 6.11. The molecule has 178 valence electrons. The zero-order valence-corrected chi connectivity index (χ0v) is 19.9. The molecule has 8 heteroatoms. The second kappa shape index (κ2) is 10.5. The van der Waals surface area contributed by atoms with Crippen LogP contribution in [0.5, 0.6) is 0 Å². The van der Waals surface area contributed by atoms with Crippen molar-refractivity contribution in [3.8, 4) is 22.5 Å². The number of aryl methyl sites for hydroxylation is 1. The maximum atomic E-state index is 12.7. The van der Waals surface area contributed by atoms with Gasteiger partial charge in [-0.15, -0.1) is 0 Å². The first-order chi connectivity index (χ1) is 17.2. The van der Waals surface area contributed by atoms with E-state index in [1.807, 2.05) is 64.4 Å². The standard InChI is InChI=1S/C27H29N7O/c1-2-15-34-19-23(25(32-34)21-7-6-13-28-18-21)24-12-14-29-27(31-24)30-22-10-8-20(9-11-22)26(35)33-16-4-3-5-17-33/h6-14,18-19H,2-5,15-17H2,1H3,(H,29,30,31). The highest BCUT2D eigenvalue weighted by molar-refractivity contribution is 5.94. The Morgan fingerprint density at radius 2 is 1.86 bits per heavy atom. The molecule has 1 N–H and O–H groups in total. The Balaban J connectivity index is 1.37. The summed E-state index contributed by atoms with van der Waals surface area (Å²) in [5.41, 5.74) is 5.03. The number of piperidine rings is 1. The van der Waals surface area contributed by atoms with Gasteiger partial charge in [0.05, 0.1) is 5.69 Å². The van der Waals surface area contributed by atoms with Crippen molar-refractivity contribution in [1.29, 1.82) is 0 Å². The molecule has 1 fully saturated rings. The molecule has 1 aliphatic rings. The predicted molar refractivity (Wildman–Crippen MR) is 136 cm³/mol. The Hall–Kier alpha value is -4.07. The third kappa shape index (κ3) is 5.21. The monoisotopic (exact) mass is 467 g/mol. The highest BCUT2D eigenvalue weighted by atomic mass is 16.2. The fourth-order valence-electron chi connectivity index (χ4n) is 4.34. The molecular formula is C27H29N7O. The lowest BCUT2D eigenvalue weighted by atomic mass is 10.1. The van der Waals surface area contributed by atoms with Crippen LogP contribution in [-0.4, -0.2) is 48.6 Å². The van der Waals surface area contributed by atoms with Gasteiger partial charge in [-0.05, 0) is 68.1 Å². The highest BCUT2D eigenvalue weighted by Crippen LogP contribution is 2.30. The molecule has 8 nitrogen and oxygen atoms in total. The molecule has 3 aromatic heterocycles. The second-order valence-electron chi connectivity index (χ2n) is 8.72. The fraction of sp³-hybridized carbons (Fsp3) is 0.296. The van der Waals surface area contributed by atoms with Crippen molar-refractivity contribution >= 4 is 17.5 Å². The molecule has 1 amide bonds. The topological polar surface area (TPSA) is 88.8 Å². The molecule has 0 bridgehead atoms. The van der Waals surface area contributed by atoms with Crippen LogP contribution in [0.1, 0.15) is 43.0 Å². The summed E-state index contributed by atoms with van der Waals surface area (Å²) in [4.78, 5) is 28.1. The van der Waals surface area contributed by atoms with Crippen molar-refractivity contribution in [2.45, 2.75) is 39.2 Å². The predicted octanol–water partition coefficient (Wildman–Crippen LogP) is 5.18. The van der Waals surface area contributed by atoms with Gasteiger partial charge in [0.1, 0.15) is 5.69 Å². The van der Waals surface area contributed by atoms with E-state index in [2.05, 4.69) is 22.2 Å². The molecule has 1 saturated heterocycles. The molecule has 35 heavy (non-hydrogen) atoms. The number of carbonyl (C=O) groups excluding carboxylic acids is 1. The minimum atomic E-state index is 0.0986. The first-order valence-corrected chi connectivity index (χ1v) is 12.2. The van der Waals surface area contributed by atoms with E-state index in [0.29, 0.717) is 11.5 Å². The number of rotatable bonds is 7.